The summed E-state index contributed by atoms with van der Waals surface area (Å²) in [6.07, 6.45) is 6.04. The molecule has 0 spiro atoms. The molecule has 0 fully saturated rings. The van der Waals surface area contributed by atoms with Gasteiger partial charge in [0.2, 0.25) is 12.4 Å². The lowest BCUT2D eigenvalue weighted by Crippen LogP contribution is -2.29. The Morgan fingerprint density at radius 1 is 1.24 bits per heavy atom. The molecular weight excluding hydrogens is 320 g/mol. The molecule has 0 radical (unpaired) electrons. The van der Waals surface area contributed by atoms with Crippen LogP contribution in [0.25, 0.3) is 6.08 Å². The van der Waals surface area contributed by atoms with Crippen molar-refractivity contribution < 1.29 is 9.59 Å². The second-order valence-corrected chi connectivity index (χ2v) is 5.17. The van der Waals surface area contributed by atoms with Gasteiger partial charge in [0.05, 0.1) is 5.69 Å². The Morgan fingerprint density at radius 2 is 2.08 bits per heavy atom. The number of aromatic nitrogens is 3. The van der Waals surface area contributed by atoms with Crippen molar-refractivity contribution in [1.29, 1.82) is 0 Å². The maximum Gasteiger partial charge on any atom is 0.273 e. The van der Waals surface area contributed by atoms with Crippen LogP contribution in [0.4, 0.5) is 5.95 Å². The second-order valence-electron chi connectivity index (χ2n) is 5.17. The zero-order valence-electron chi connectivity index (χ0n) is 14.1. The molecule has 2 aromatic rings. The Hall–Kier alpha value is -3.29. The first-order valence-corrected chi connectivity index (χ1v) is 7.72. The van der Waals surface area contributed by atoms with Gasteiger partial charge in [-0.05, 0) is 24.3 Å². The van der Waals surface area contributed by atoms with Gasteiger partial charge in [0, 0.05) is 45.1 Å². The smallest absolute Gasteiger partial charge is 0.273 e. The van der Waals surface area contributed by atoms with Crippen molar-refractivity contribution in [2.75, 3.05) is 25.5 Å². The van der Waals surface area contributed by atoms with Crippen molar-refractivity contribution in [2.45, 2.75) is 6.42 Å². The van der Waals surface area contributed by atoms with Gasteiger partial charge in [-0.25, -0.2) is 9.97 Å². The minimum Gasteiger partial charge on any atom is -0.384 e. The Labute approximate surface area is 146 Å². The first kappa shape index (κ1) is 18.1. The van der Waals surface area contributed by atoms with Crippen LogP contribution in [0.15, 0.2) is 42.4 Å². The predicted octanol–water partition coefficient (Wildman–Crippen LogP) is 0.383. The predicted molar refractivity (Wildman–Crippen MR) is 94.5 cm³/mol. The van der Waals surface area contributed by atoms with Crippen molar-refractivity contribution in [2.24, 2.45) is 0 Å². The number of nitrogens with one attached hydrogen (secondary N) is 2. The molecule has 2 rings (SSSR count). The highest BCUT2D eigenvalue weighted by molar-refractivity contribution is 6.01. The molecule has 0 saturated carbocycles. The third kappa shape index (κ3) is 5.38. The Balaban J connectivity index is 2.09. The van der Waals surface area contributed by atoms with Crippen LogP contribution in [-0.4, -0.2) is 47.9 Å². The van der Waals surface area contributed by atoms with E-state index in [1.54, 1.807) is 31.6 Å². The number of amides is 2. The topological polar surface area (TPSA) is 100 Å². The minimum atomic E-state index is -0.527. The Morgan fingerprint density at radius 3 is 2.76 bits per heavy atom. The SMILES string of the molecule is CN/C(=C\c1ccnc(N(C)CCc2ccccn2)n1)C(=O)NC=O. The van der Waals surface area contributed by atoms with Crippen LogP contribution in [0, 0.1) is 0 Å². The van der Waals surface area contributed by atoms with Crippen molar-refractivity contribution in [3.8, 4) is 0 Å². The number of imide groups is 1. The van der Waals surface area contributed by atoms with Gasteiger partial charge < -0.3 is 10.2 Å². The maximum absolute atomic E-state index is 11.7. The minimum absolute atomic E-state index is 0.230. The molecule has 8 heteroatoms. The number of carbonyl (C=O) groups excluding carboxylic acids is 2. The van der Waals surface area contributed by atoms with E-state index < -0.39 is 5.91 Å². The second kappa shape index (κ2) is 9.11. The summed E-state index contributed by atoms with van der Waals surface area (Å²) < 4.78 is 0. The summed E-state index contributed by atoms with van der Waals surface area (Å²) in [5.41, 5.74) is 1.78. The number of nitrogens with zero attached hydrogens (tertiary/aromatic N) is 4. The first-order chi connectivity index (χ1) is 12.1. The quantitative estimate of drug-likeness (QED) is 0.529. The zero-order valence-corrected chi connectivity index (χ0v) is 14.1. The fourth-order valence-electron chi connectivity index (χ4n) is 2.08. The highest BCUT2D eigenvalue weighted by atomic mass is 16.2. The Bertz CT molecular complexity index is 748. The van der Waals surface area contributed by atoms with Crippen molar-refractivity contribution >= 4 is 24.3 Å². The van der Waals surface area contributed by atoms with Crippen molar-refractivity contribution in [3.63, 3.8) is 0 Å². The molecule has 2 N–H and O–H groups in total. The van der Waals surface area contributed by atoms with Gasteiger partial charge in [0.15, 0.2) is 0 Å². The van der Waals surface area contributed by atoms with Crippen LogP contribution >= 0.6 is 0 Å². The average molecular weight is 340 g/mol. The number of hydrogen-bond acceptors (Lipinski definition) is 7. The van der Waals surface area contributed by atoms with Gasteiger partial charge >= 0.3 is 0 Å². The molecule has 0 atom stereocenters. The molecule has 0 aromatic carbocycles. The molecule has 0 aliphatic rings. The summed E-state index contributed by atoms with van der Waals surface area (Å²) in [6, 6.07) is 7.49. The molecule has 2 heterocycles. The molecular formula is C17H20N6O2. The van der Waals surface area contributed by atoms with Crippen molar-refractivity contribution in [3.05, 3.63) is 53.7 Å². The van der Waals surface area contributed by atoms with Gasteiger partial charge in [-0.1, -0.05) is 6.07 Å². The normalized spacial score (nSPS) is 10.9. The van der Waals surface area contributed by atoms with Gasteiger partial charge in [-0.3, -0.25) is 19.9 Å². The highest BCUT2D eigenvalue weighted by Crippen LogP contribution is 2.09. The number of likely N-dealkylation sites (N-methyl/N-ethyl adjacent to an activating group) is 2. The molecule has 2 aromatic heterocycles. The monoisotopic (exact) mass is 340 g/mol. The van der Waals surface area contributed by atoms with E-state index >= 15 is 0 Å². The third-order valence-electron chi connectivity index (χ3n) is 3.43. The molecule has 130 valence electrons. The van der Waals surface area contributed by atoms with E-state index in [0.717, 1.165) is 12.1 Å². The van der Waals surface area contributed by atoms with Crippen LogP contribution in [0.2, 0.25) is 0 Å². The molecule has 25 heavy (non-hydrogen) atoms. The molecule has 0 bridgehead atoms. The molecule has 0 aliphatic heterocycles. The van der Waals surface area contributed by atoms with E-state index in [-0.39, 0.29) is 5.70 Å². The van der Waals surface area contributed by atoms with E-state index in [2.05, 4.69) is 25.6 Å². The number of pyridine rings is 1. The summed E-state index contributed by atoms with van der Waals surface area (Å²) in [5, 5.41) is 4.82. The summed E-state index contributed by atoms with van der Waals surface area (Å²) >= 11 is 0. The molecule has 0 unspecified atom stereocenters. The molecule has 0 aliphatic carbocycles. The van der Waals surface area contributed by atoms with Gasteiger partial charge in [0.1, 0.15) is 5.70 Å². The number of rotatable bonds is 8. The lowest BCUT2D eigenvalue weighted by Gasteiger charge is -2.16. The Kier molecular flexibility index (Phi) is 6.58. The summed E-state index contributed by atoms with van der Waals surface area (Å²) in [6.45, 7) is 0.703. The van der Waals surface area contributed by atoms with E-state index in [0.29, 0.717) is 24.6 Å². The average Bonchev–Trinajstić information content (AvgIpc) is 2.65. The maximum atomic E-state index is 11.7. The lowest BCUT2D eigenvalue weighted by molar-refractivity contribution is -0.122. The fraction of sp³-hybridized carbons (Fsp3) is 0.235. The fourth-order valence-corrected chi connectivity index (χ4v) is 2.08. The van der Waals surface area contributed by atoms with E-state index in [1.165, 1.54) is 0 Å². The van der Waals surface area contributed by atoms with Crippen LogP contribution in [0.3, 0.4) is 0 Å². The summed E-state index contributed by atoms with van der Waals surface area (Å²) in [4.78, 5) is 37.0. The summed E-state index contributed by atoms with van der Waals surface area (Å²) in [7, 11) is 3.49. The molecule has 8 nitrogen and oxygen atoms in total. The number of hydrogen-bond donors (Lipinski definition) is 2. The van der Waals surface area contributed by atoms with E-state index in [1.807, 2.05) is 30.1 Å². The largest absolute Gasteiger partial charge is 0.384 e. The van der Waals surface area contributed by atoms with Gasteiger partial charge in [0.25, 0.3) is 5.91 Å². The number of carbonyl (C=O) groups is 2. The summed E-state index contributed by atoms with van der Waals surface area (Å²) in [5.74, 6) is 0.0112. The highest BCUT2D eigenvalue weighted by Gasteiger charge is 2.09. The van der Waals surface area contributed by atoms with Crippen LogP contribution in [0.1, 0.15) is 11.4 Å². The molecule has 0 saturated heterocycles. The molecule has 2 amide bonds. The first-order valence-electron chi connectivity index (χ1n) is 7.72. The van der Waals surface area contributed by atoms with E-state index in [4.69, 9.17) is 0 Å². The van der Waals surface area contributed by atoms with Crippen LogP contribution in [0.5, 0.6) is 0 Å². The van der Waals surface area contributed by atoms with Crippen molar-refractivity contribution in [1.82, 2.24) is 25.6 Å². The van der Waals surface area contributed by atoms with E-state index in [9.17, 15) is 9.59 Å². The van der Waals surface area contributed by atoms with Crippen LogP contribution in [-0.2, 0) is 16.0 Å². The standard InChI is InChI=1S/C17H20N6O2/c1-18-15(16(25)21-12-24)11-14-6-9-20-17(22-14)23(2)10-7-13-5-3-4-8-19-13/h3-6,8-9,11-12,18H,7,10H2,1-2H3,(H,21,24,25)/b15-11-. The number of anilines is 1. The van der Waals surface area contributed by atoms with Gasteiger partial charge in [-0.2, -0.15) is 0 Å². The third-order valence-corrected chi connectivity index (χ3v) is 3.43. The lowest BCUT2D eigenvalue weighted by atomic mass is 10.2. The zero-order chi connectivity index (χ0) is 18.1. The van der Waals surface area contributed by atoms with Crippen LogP contribution < -0.4 is 15.5 Å². The van der Waals surface area contributed by atoms with Gasteiger partial charge in [-0.15, -0.1) is 0 Å².